The van der Waals surface area contributed by atoms with Crippen molar-refractivity contribution in [1.29, 1.82) is 0 Å². The van der Waals surface area contributed by atoms with Crippen molar-refractivity contribution in [3.8, 4) is 0 Å². The van der Waals surface area contributed by atoms with Gasteiger partial charge in [-0.15, -0.1) is 0 Å². The summed E-state index contributed by atoms with van der Waals surface area (Å²) in [5, 5.41) is 0. The third-order valence-electron chi connectivity index (χ3n) is 3.00. The van der Waals surface area contributed by atoms with E-state index in [-0.39, 0.29) is 11.3 Å². The van der Waals surface area contributed by atoms with E-state index in [2.05, 4.69) is 9.72 Å². The summed E-state index contributed by atoms with van der Waals surface area (Å²) in [4.78, 5) is 14.8. The van der Waals surface area contributed by atoms with Crippen LogP contribution in [0.1, 0.15) is 40.2 Å². The number of hydrogen-bond acceptors (Lipinski definition) is 3. The highest BCUT2D eigenvalue weighted by molar-refractivity contribution is 5.87. The van der Waals surface area contributed by atoms with Crippen LogP contribution in [-0.2, 0) is 23.8 Å². The van der Waals surface area contributed by atoms with Crippen LogP contribution in [0, 0.1) is 0 Å². The van der Waals surface area contributed by atoms with E-state index in [1.165, 1.54) is 6.07 Å². The first-order chi connectivity index (χ1) is 8.43. The second-order valence-corrected chi connectivity index (χ2v) is 4.19. The zero-order chi connectivity index (χ0) is 13.3. The molecule has 6 heteroatoms. The van der Waals surface area contributed by atoms with Gasteiger partial charge in [0.25, 0.3) is 0 Å². The van der Waals surface area contributed by atoms with Crippen LogP contribution in [0.4, 0.5) is 13.2 Å². The van der Waals surface area contributed by atoms with E-state index in [9.17, 15) is 18.0 Å². The van der Waals surface area contributed by atoms with Gasteiger partial charge in [-0.3, -0.25) is 0 Å². The average Bonchev–Trinajstić information content (AvgIpc) is 2.35. The van der Waals surface area contributed by atoms with Gasteiger partial charge in [0.1, 0.15) is 11.4 Å². The molecule has 2 rings (SSSR count). The Labute approximate surface area is 102 Å². The minimum Gasteiger partial charge on any atom is -0.464 e. The lowest BCUT2D eigenvalue weighted by Gasteiger charge is -2.20. The van der Waals surface area contributed by atoms with E-state index in [1.807, 2.05) is 0 Å². The van der Waals surface area contributed by atoms with Gasteiger partial charge in [0, 0.05) is 0 Å². The minimum absolute atomic E-state index is 0.224. The first-order valence-corrected chi connectivity index (χ1v) is 5.62. The molecule has 0 bridgehead atoms. The molecule has 3 nitrogen and oxygen atoms in total. The molecule has 1 heterocycles. The predicted molar refractivity (Wildman–Crippen MR) is 57.2 cm³/mol. The van der Waals surface area contributed by atoms with E-state index in [1.54, 1.807) is 0 Å². The molecule has 0 saturated heterocycles. The average molecular weight is 259 g/mol. The van der Waals surface area contributed by atoms with E-state index in [0.717, 1.165) is 20.0 Å². The highest BCUT2D eigenvalue weighted by Gasteiger charge is 2.37. The van der Waals surface area contributed by atoms with Crippen molar-refractivity contribution in [3.63, 3.8) is 0 Å². The quantitative estimate of drug-likeness (QED) is 0.728. The monoisotopic (exact) mass is 259 g/mol. The Kier molecular flexibility index (Phi) is 3.28. The SMILES string of the molecule is COC(=O)c1cc2c(c(C(F)(F)F)n1)CCCC2. The fourth-order valence-corrected chi connectivity index (χ4v) is 2.19. The summed E-state index contributed by atoms with van der Waals surface area (Å²) in [5.74, 6) is -0.839. The molecule has 0 spiro atoms. The second kappa shape index (κ2) is 4.59. The largest absolute Gasteiger partial charge is 0.464 e. The summed E-state index contributed by atoms with van der Waals surface area (Å²) >= 11 is 0. The molecule has 0 unspecified atom stereocenters. The van der Waals surface area contributed by atoms with Crippen LogP contribution in [0.3, 0.4) is 0 Å². The molecule has 0 saturated carbocycles. The molecule has 1 aromatic rings. The lowest BCUT2D eigenvalue weighted by Crippen LogP contribution is -2.20. The second-order valence-electron chi connectivity index (χ2n) is 4.19. The standard InChI is InChI=1S/C12H12F3NO2/c1-18-11(17)9-6-7-4-2-3-5-8(7)10(16-9)12(13,14)15/h6H,2-5H2,1H3. The van der Waals surface area contributed by atoms with Crippen molar-refractivity contribution in [2.24, 2.45) is 0 Å². The van der Waals surface area contributed by atoms with E-state index >= 15 is 0 Å². The van der Waals surface area contributed by atoms with Gasteiger partial charge in [-0.2, -0.15) is 13.2 Å². The lowest BCUT2D eigenvalue weighted by atomic mass is 9.90. The lowest BCUT2D eigenvalue weighted by molar-refractivity contribution is -0.142. The third-order valence-corrected chi connectivity index (χ3v) is 3.00. The van der Waals surface area contributed by atoms with Gasteiger partial charge in [-0.05, 0) is 42.9 Å². The molecule has 0 atom stereocenters. The molecule has 0 radical (unpaired) electrons. The fourth-order valence-electron chi connectivity index (χ4n) is 2.19. The molecule has 0 amide bonds. The Morgan fingerprint density at radius 3 is 2.61 bits per heavy atom. The number of methoxy groups -OCH3 is 1. The molecule has 0 N–H and O–H groups in total. The molecular weight excluding hydrogens is 247 g/mol. The van der Waals surface area contributed by atoms with Crippen LogP contribution < -0.4 is 0 Å². The van der Waals surface area contributed by atoms with Crippen LogP contribution in [0.2, 0.25) is 0 Å². The number of nitrogens with zero attached hydrogens (tertiary/aromatic N) is 1. The van der Waals surface area contributed by atoms with Crippen molar-refractivity contribution >= 4 is 5.97 Å². The molecule has 98 valence electrons. The molecule has 0 aromatic carbocycles. The van der Waals surface area contributed by atoms with Crippen LogP contribution >= 0.6 is 0 Å². The normalized spacial score (nSPS) is 15.1. The summed E-state index contributed by atoms with van der Waals surface area (Å²) in [6.07, 6.45) is -2.08. The first-order valence-electron chi connectivity index (χ1n) is 5.62. The van der Waals surface area contributed by atoms with E-state index in [0.29, 0.717) is 18.4 Å². The Bertz CT molecular complexity index is 483. The van der Waals surface area contributed by atoms with Gasteiger partial charge in [-0.25, -0.2) is 9.78 Å². The Morgan fingerprint density at radius 1 is 1.33 bits per heavy atom. The smallest absolute Gasteiger partial charge is 0.433 e. The van der Waals surface area contributed by atoms with Crippen molar-refractivity contribution < 1.29 is 22.7 Å². The summed E-state index contributed by atoms with van der Waals surface area (Å²) < 4.78 is 43.2. The maximum absolute atomic E-state index is 12.9. The number of alkyl halides is 3. The number of esters is 1. The van der Waals surface area contributed by atoms with Gasteiger partial charge in [0.2, 0.25) is 0 Å². The number of aryl methyl sites for hydroxylation is 1. The molecule has 18 heavy (non-hydrogen) atoms. The van der Waals surface area contributed by atoms with Crippen LogP contribution in [0.25, 0.3) is 0 Å². The summed E-state index contributed by atoms with van der Waals surface area (Å²) in [7, 11) is 1.12. The number of hydrogen-bond donors (Lipinski definition) is 0. The minimum atomic E-state index is -4.54. The Balaban J connectivity index is 2.58. The Morgan fingerprint density at radius 2 is 2.00 bits per heavy atom. The maximum Gasteiger partial charge on any atom is 0.433 e. The van der Waals surface area contributed by atoms with E-state index < -0.39 is 17.8 Å². The molecule has 1 aromatic heterocycles. The zero-order valence-electron chi connectivity index (χ0n) is 9.80. The maximum atomic E-state index is 12.9. The number of carbonyl (C=O) groups excluding carboxylic acids is 1. The zero-order valence-corrected chi connectivity index (χ0v) is 9.80. The van der Waals surface area contributed by atoms with Gasteiger partial charge in [-0.1, -0.05) is 0 Å². The number of halogens is 3. The van der Waals surface area contributed by atoms with Crippen LogP contribution in [0.15, 0.2) is 6.07 Å². The van der Waals surface area contributed by atoms with Crippen LogP contribution in [-0.4, -0.2) is 18.1 Å². The van der Waals surface area contributed by atoms with Crippen molar-refractivity contribution in [2.45, 2.75) is 31.9 Å². The van der Waals surface area contributed by atoms with Crippen molar-refractivity contribution in [2.75, 3.05) is 7.11 Å². The highest BCUT2D eigenvalue weighted by atomic mass is 19.4. The number of pyridine rings is 1. The molecule has 0 aliphatic heterocycles. The number of carbonyl (C=O) groups is 1. The number of fused-ring (bicyclic) bond motifs is 1. The van der Waals surface area contributed by atoms with Gasteiger partial charge in [0.15, 0.2) is 0 Å². The Hall–Kier alpha value is -1.59. The first kappa shape index (κ1) is 12.9. The molecule has 1 aliphatic rings. The van der Waals surface area contributed by atoms with Gasteiger partial charge < -0.3 is 4.74 Å². The molecular formula is C12H12F3NO2. The third kappa shape index (κ3) is 2.32. The number of rotatable bonds is 1. The van der Waals surface area contributed by atoms with Gasteiger partial charge in [0.05, 0.1) is 7.11 Å². The fraction of sp³-hybridized carbons (Fsp3) is 0.500. The summed E-state index contributed by atoms with van der Waals surface area (Å²) in [6, 6.07) is 1.41. The van der Waals surface area contributed by atoms with Gasteiger partial charge >= 0.3 is 12.1 Å². The van der Waals surface area contributed by atoms with Crippen molar-refractivity contribution in [3.05, 3.63) is 28.6 Å². The topological polar surface area (TPSA) is 39.2 Å². The summed E-state index contributed by atoms with van der Waals surface area (Å²) in [6.45, 7) is 0. The van der Waals surface area contributed by atoms with Crippen LogP contribution in [0.5, 0.6) is 0 Å². The molecule has 1 aliphatic carbocycles. The number of ether oxygens (including phenoxy) is 1. The molecule has 0 fully saturated rings. The highest BCUT2D eigenvalue weighted by Crippen LogP contribution is 2.35. The summed E-state index contributed by atoms with van der Waals surface area (Å²) in [5.41, 5.74) is -0.434. The van der Waals surface area contributed by atoms with E-state index in [4.69, 9.17) is 0 Å². The van der Waals surface area contributed by atoms with Crippen molar-refractivity contribution in [1.82, 2.24) is 4.98 Å². The predicted octanol–water partition coefficient (Wildman–Crippen LogP) is 2.77. The number of aromatic nitrogens is 1.